The molecule has 0 spiro atoms. The van der Waals surface area contributed by atoms with Crippen molar-refractivity contribution in [1.82, 2.24) is 0 Å². The highest BCUT2D eigenvalue weighted by atomic mass is 35.5. The monoisotopic (exact) mass is 265 g/mol. The number of phenolic OH excluding ortho intramolecular Hbond substituents is 1. The molecule has 16 heavy (non-hydrogen) atoms. The van der Waals surface area contributed by atoms with Gasteiger partial charge in [-0.1, -0.05) is 23.2 Å². The third-order valence-electron chi connectivity index (χ3n) is 1.36. The molecule has 0 aliphatic heterocycles. The van der Waals surface area contributed by atoms with Crippen LogP contribution in [0.2, 0.25) is 10.0 Å². The summed E-state index contributed by atoms with van der Waals surface area (Å²) < 4.78 is 0. The molecule has 0 amide bonds. The molecule has 0 aliphatic rings. The molecule has 1 rings (SSSR count). The molecular formula is C9H9Cl2NO4. The number of nitrogens with two attached hydrogens (primary N) is 1. The number of phenols is 1. The SMILES string of the molecule is NCC(=O)O.O=Cc1cc(Cl)cc(Cl)c1O. The maximum absolute atomic E-state index is 10.3. The lowest BCUT2D eigenvalue weighted by molar-refractivity contribution is -0.135. The van der Waals surface area contributed by atoms with Gasteiger partial charge in [0.05, 0.1) is 17.1 Å². The number of hydrogen-bond donors (Lipinski definition) is 3. The first kappa shape index (κ1) is 14.7. The van der Waals surface area contributed by atoms with Crippen molar-refractivity contribution in [3.8, 4) is 5.75 Å². The van der Waals surface area contributed by atoms with Gasteiger partial charge in [0.1, 0.15) is 5.75 Å². The Hall–Kier alpha value is -1.30. The summed E-state index contributed by atoms with van der Waals surface area (Å²) in [5.41, 5.74) is 4.67. The molecule has 5 nitrogen and oxygen atoms in total. The molecule has 0 bridgehead atoms. The van der Waals surface area contributed by atoms with Crippen LogP contribution in [0.15, 0.2) is 12.1 Å². The number of halogens is 2. The lowest BCUT2D eigenvalue weighted by Gasteiger charge is -1.99. The number of carboxylic acids is 1. The number of hydrogen-bond acceptors (Lipinski definition) is 4. The summed E-state index contributed by atoms with van der Waals surface area (Å²) in [5.74, 6) is -1.20. The Bertz CT molecular complexity index is 395. The predicted octanol–water partition coefficient (Wildman–Crippen LogP) is 1.54. The lowest BCUT2D eigenvalue weighted by atomic mass is 10.2. The summed E-state index contributed by atoms with van der Waals surface area (Å²) >= 11 is 11.1. The number of rotatable bonds is 2. The third-order valence-corrected chi connectivity index (χ3v) is 1.87. The van der Waals surface area contributed by atoms with E-state index in [-0.39, 0.29) is 22.9 Å². The Morgan fingerprint density at radius 3 is 2.31 bits per heavy atom. The summed E-state index contributed by atoms with van der Waals surface area (Å²) in [7, 11) is 0. The molecule has 1 aromatic carbocycles. The predicted molar refractivity (Wildman–Crippen MR) is 60.2 cm³/mol. The highest BCUT2D eigenvalue weighted by Crippen LogP contribution is 2.29. The van der Waals surface area contributed by atoms with E-state index in [1.165, 1.54) is 12.1 Å². The second-order valence-electron chi connectivity index (χ2n) is 2.54. The quantitative estimate of drug-likeness (QED) is 0.705. The average Bonchev–Trinajstić information content (AvgIpc) is 2.24. The molecule has 0 aliphatic carbocycles. The molecule has 0 radical (unpaired) electrons. The normalized spacial score (nSPS) is 8.94. The van der Waals surface area contributed by atoms with Gasteiger partial charge in [0.2, 0.25) is 0 Å². The molecule has 0 aromatic heterocycles. The fourth-order valence-electron chi connectivity index (χ4n) is 0.676. The zero-order valence-electron chi connectivity index (χ0n) is 7.98. The van der Waals surface area contributed by atoms with E-state index < -0.39 is 5.97 Å². The number of carbonyl (C=O) groups is 2. The molecule has 88 valence electrons. The summed E-state index contributed by atoms with van der Waals surface area (Å²) in [6, 6.07) is 2.71. The molecule has 0 atom stereocenters. The number of aromatic hydroxyl groups is 1. The van der Waals surface area contributed by atoms with Crippen LogP contribution in [0.25, 0.3) is 0 Å². The highest BCUT2D eigenvalue weighted by molar-refractivity contribution is 6.36. The van der Waals surface area contributed by atoms with Gasteiger partial charge in [0.15, 0.2) is 6.29 Å². The Labute approximate surface area is 101 Å². The summed E-state index contributed by atoms with van der Waals surface area (Å²) in [5, 5.41) is 17.1. The Balaban J connectivity index is 0.000000385. The standard InChI is InChI=1S/C7H4Cl2O2.C2H5NO2/c8-5-1-4(3-10)7(11)6(9)2-5;3-1-2(4)5/h1-3,11H;1,3H2,(H,4,5). The van der Waals surface area contributed by atoms with Crippen molar-refractivity contribution in [1.29, 1.82) is 0 Å². The summed E-state index contributed by atoms with van der Waals surface area (Å²) in [6.07, 6.45) is 0.493. The number of aliphatic carboxylic acids is 1. The Morgan fingerprint density at radius 1 is 1.44 bits per heavy atom. The minimum Gasteiger partial charge on any atom is -0.506 e. The second kappa shape index (κ2) is 7.05. The minimum absolute atomic E-state index is 0.0830. The van der Waals surface area contributed by atoms with Crippen LogP contribution >= 0.6 is 23.2 Å². The van der Waals surface area contributed by atoms with E-state index in [2.05, 4.69) is 5.73 Å². The largest absolute Gasteiger partial charge is 0.506 e. The smallest absolute Gasteiger partial charge is 0.317 e. The Morgan fingerprint density at radius 2 is 1.94 bits per heavy atom. The van der Waals surface area contributed by atoms with Crippen LogP contribution in [-0.2, 0) is 4.79 Å². The van der Waals surface area contributed by atoms with E-state index >= 15 is 0 Å². The molecule has 0 fully saturated rings. The minimum atomic E-state index is -0.968. The van der Waals surface area contributed by atoms with Gasteiger partial charge < -0.3 is 15.9 Å². The Kier molecular flexibility index (Phi) is 6.48. The first-order valence-corrected chi connectivity index (χ1v) is 4.73. The van der Waals surface area contributed by atoms with Crippen molar-refractivity contribution >= 4 is 35.5 Å². The molecule has 7 heteroatoms. The third kappa shape index (κ3) is 4.97. The number of carboxylic acid groups (broad SMARTS) is 1. The van der Waals surface area contributed by atoms with Gasteiger partial charge in [-0.05, 0) is 12.1 Å². The first-order chi connectivity index (χ1) is 7.42. The van der Waals surface area contributed by atoms with E-state index in [1.54, 1.807) is 0 Å². The van der Waals surface area contributed by atoms with Gasteiger partial charge in [-0.3, -0.25) is 9.59 Å². The zero-order chi connectivity index (χ0) is 12.7. The van der Waals surface area contributed by atoms with Gasteiger partial charge in [-0.2, -0.15) is 0 Å². The topological polar surface area (TPSA) is 101 Å². The molecule has 0 heterocycles. The average molecular weight is 266 g/mol. The van der Waals surface area contributed by atoms with Gasteiger partial charge >= 0.3 is 5.97 Å². The molecular weight excluding hydrogens is 257 g/mol. The molecule has 4 N–H and O–H groups in total. The van der Waals surface area contributed by atoms with E-state index in [9.17, 15) is 9.59 Å². The van der Waals surface area contributed by atoms with Crippen LogP contribution in [0.4, 0.5) is 0 Å². The van der Waals surface area contributed by atoms with Crippen molar-refractivity contribution in [3.63, 3.8) is 0 Å². The fourth-order valence-corrected chi connectivity index (χ4v) is 1.18. The van der Waals surface area contributed by atoms with Crippen LogP contribution < -0.4 is 5.73 Å². The molecule has 1 aromatic rings. The van der Waals surface area contributed by atoms with Crippen LogP contribution in [0.1, 0.15) is 10.4 Å². The van der Waals surface area contributed by atoms with Crippen molar-refractivity contribution in [2.24, 2.45) is 5.73 Å². The van der Waals surface area contributed by atoms with Crippen LogP contribution in [0.5, 0.6) is 5.75 Å². The lowest BCUT2D eigenvalue weighted by Crippen LogP contribution is -2.10. The number of aldehydes is 1. The van der Waals surface area contributed by atoms with Crippen LogP contribution in [0.3, 0.4) is 0 Å². The molecule has 0 saturated carbocycles. The maximum atomic E-state index is 10.3. The summed E-state index contributed by atoms with van der Waals surface area (Å²) in [4.78, 5) is 19.5. The molecule has 0 unspecified atom stereocenters. The van der Waals surface area contributed by atoms with E-state index in [0.717, 1.165) is 0 Å². The number of carbonyl (C=O) groups excluding carboxylic acids is 1. The molecule has 0 saturated heterocycles. The van der Waals surface area contributed by atoms with Crippen molar-refractivity contribution in [2.75, 3.05) is 6.54 Å². The van der Waals surface area contributed by atoms with E-state index in [4.69, 9.17) is 33.4 Å². The van der Waals surface area contributed by atoms with Gasteiger partial charge in [0, 0.05) is 5.02 Å². The first-order valence-electron chi connectivity index (χ1n) is 3.97. The van der Waals surface area contributed by atoms with E-state index in [1.807, 2.05) is 0 Å². The van der Waals surface area contributed by atoms with Gasteiger partial charge in [-0.25, -0.2) is 0 Å². The second-order valence-corrected chi connectivity index (χ2v) is 3.38. The van der Waals surface area contributed by atoms with Gasteiger partial charge in [0.25, 0.3) is 0 Å². The van der Waals surface area contributed by atoms with E-state index in [0.29, 0.717) is 11.3 Å². The van der Waals surface area contributed by atoms with Crippen molar-refractivity contribution < 1.29 is 19.8 Å². The number of benzene rings is 1. The fraction of sp³-hybridized carbons (Fsp3) is 0.111. The van der Waals surface area contributed by atoms with Crippen molar-refractivity contribution in [3.05, 3.63) is 27.7 Å². The highest BCUT2D eigenvalue weighted by Gasteiger charge is 2.05. The summed E-state index contributed by atoms with van der Waals surface area (Å²) in [6.45, 7) is -0.278. The van der Waals surface area contributed by atoms with Crippen LogP contribution in [-0.4, -0.2) is 29.0 Å². The van der Waals surface area contributed by atoms with Gasteiger partial charge in [-0.15, -0.1) is 0 Å². The maximum Gasteiger partial charge on any atom is 0.317 e. The van der Waals surface area contributed by atoms with Crippen molar-refractivity contribution in [2.45, 2.75) is 0 Å². The zero-order valence-corrected chi connectivity index (χ0v) is 9.50. The van der Waals surface area contributed by atoms with Crippen LogP contribution in [0, 0.1) is 0 Å².